The van der Waals surface area contributed by atoms with Crippen LogP contribution in [0.4, 0.5) is 4.39 Å². The highest BCUT2D eigenvalue weighted by Crippen LogP contribution is 2.25. The Kier molecular flexibility index (Phi) is 2.33. The zero-order valence-corrected chi connectivity index (χ0v) is 8.83. The molecule has 0 spiro atoms. The van der Waals surface area contributed by atoms with Crippen LogP contribution < -0.4 is 0 Å². The van der Waals surface area contributed by atoms with Gasteiger partial charge in [0.25, 0.3) is 0 Å². The van der Waals surface area contributed by atoms with Crippen LogP contribution in [0, 0.1) is 12.7 Å². The second-order valence-electron chi connectivity index (χ2n) is 3.05. The molecule has 0 saturated carbocycles. The standard InChI is InChI=1S/C10H6Cl2FN/c1-5-2-10(12)14-9-4-8(13)7(11)3-6(5)9/h2-4H,1H3. The van der Waals surface area contributed by atoms with Crippen molar-refractivity contribution < 1.29 is 4.39 Å². The van der Waals surface area contributed by atoms with Gasteiger partial charge in [-0.1, -0.05) is 23.2 Å². The molecule has 1 heterocycles. The fourth-order valence-corrected chi connectivity index (χ4v) is 1.77. The van der Waals surface area contributed by atoms with Crippen molar-refractivity contribution in [3.63, 3.8) is 0 Å². The molecule has 14 heavy (non-hydrogen) atoms. The number of rotatable bonds is 0. The van der Waals surface area contributed by atoms with Crippen LogP contribution in [-0.2, 0) is 0 Å². The van der Waals surface area contributed by atoms with Gasteiger partial charge in [-0.05, 0) is 24.6 Å². The summed E-state index contributed by atoms with van der Waals surface area (Å²) < 4.78 is 13.1. The van der Waals surface area contributed by atoms with Crippen molar-refractivity contribution in [2.24, 2.45) is 0 Å². The topological polar surface area (TPSA) is 12.9 Å². The maximum absolute atomic E-state index is 13.1. The van der Waals surface area contributed by atoms with E-state index in [0.717, 1.165) is 10.9 Å². The molecule has 2 aromatic rings. The van der Waals surface area contributed by atoms with Crippen LogP contribution in [0.15, 0.2) is 18.2 Å². The number of aromatic nitrogens is 1. The molecule has 0 fully saturated rings. The van der Waals surface area contributed by atoms with Gasteiger partial charge in [0.1, 0.15) is 11.0 Å². The van der Waals surface area contributed by atoms with Gasteiger partial charge in [0.05, 0.1) is 10.5 Å². The Morgan fingerprint density at radius 3 is 2.64 bits per heavy atom. The van der Waals surface area contributed by atoms with Gasteiger partial charge in [0.15, 0.2) is 0 Å². The number of aryl methyl sites for hydroxylation is 1. The van der Waals surface area contributed by atoms with Crippen molar-refractivity contribution in [1.82, 2.24) is 4.98 Å². The number of nitrogens with zero attached hydrogens (tertiary/aromatic N) is 1. The van der Waals surface area contributed by atoms with Crippen molar-refractivity contribution in [1.29, 1.82) is 0 Å². The predicted octanol–water partition coefficient (Wildman–Crippen LogP) is 3.99. The fourth-order valence-electron chi connectivity index (χ4n) is 1.35. The molecule has 0 aliphatic rings. The third-order valence-corrected chi connectivity index (χ3v) is 2.51. The monoisotopic (exact) mass is 229 g/mol. The summed E-state index contributed by atoms with van der Waals surface area (Å²) in [5, 5.41) is 1.28. The molecule has 0 amide bonds. The van der Waals surface area contributed by atoms with Gasteiger partial charge < -0.3 is 0 Å². The Labute approximate surface area is 90.5 Å². The van der Waals surface area contributed by atoms with Crippen molar-refractivity contribution in [3.8, 4) is 0 Å². The Bertz CT molecular complexity index is 511. The minimum absolute atomic E-state index is 0.102. The van der Waals surface area contributed by atoms with Gasteiger partial charge in [-0.3, -0.25) is 0 Å². The maximum Gasteiger partial charge on any atom is 0.143 e. The van der Waals surface area contributed by atoms with Gasteiger partial charge in [0, 0.05) is 11.5 Å². The number of halogens is 3. The van der Waals surface area contributed by atoms with E-state index in [2.05, 4.69) is 4.98 Å². The van der Waals surface area contributed by atoms with Crippen LogP contribution in [0.1, 0.15) is 5.56 Å². The van der Waals surface area contributed by atoms with Crippen molar-refractivity contribution in [2.45, 2.75) is 6.92 Å². The van der Waals surface area contributed by atoms with Crippen LogP contribution in [0.5, 0.6) is 0 Å². The molecule has 1 aromatic heterocycles. The number of pyridine rings is 1. The number of benzene rings is 1. The molecular formula is C10H6Cl2FN. The lowest BCUT2D eigenvalue weighted by molar-refractivity contribution is 0.630. The summed E-state index contributed by atoms with van der Waals surface area (Å²) >= 11 is 11.4. The number of fused-ring (bicyclic) bond motifs is 1. The lowest BCUT2D eigenvalue weighted by Gasteiger charge is -2.03. The van der Waals surface area contributed by atoms with Gasteiger partial charge in [-0.25, -0.2) is 9.37 Å². The molecule has 0 unspecified atom stereocenters. The van der Waals surface area contributed by atoms with E-state index in [1.54, 1.807) is 12.1 Å². The van der Waals surface area contributed by atoms with E-state index in [1.807, 2.05) is 6.92 Å². The molecule has 0 N–H and O–H groups in total. The van der Waals surface area contributed by atoms with Gasteiger partial charge >= 0.3 is 0 Å². The van der Waals surface area contributed by atoms with Crippen LogP contribution in [0.25, 0.3) is 10.9 Å². The predicted molar refractivity (Wildman–Crippen MR) is 56.5 cm³/mol. The lowest BCUT2D eigenvalue weighted by atomic mass is 10.1. The molecule has 1 aromatic carbocycles. The third-order valence-electron chi connectivity index (χ3n) is 2.03. The lowest BCUT2D eigenvalue weighted by Crippen LogP contribution is -1.87. The van der Waals surface area contributed by atoms with Crippen LogP contribution >= 0.6 is 23.2 Å². The second kappa shape index (κ2) is 3.37. The first-order valence-corrected chi connectivity index (χ1v) is 4.75. The summed E-state index contributed by atoms with van der Waals surface area (Å²) in [5.74, 6) is -0.478. The first-order valence-electron chi connectivity index (χ1n) is 4.00. The summed E-state index contributed by atoms with van der Waals surface area (Å²) in [6, 6.07) is 4.57. The first kappa shape index (κ1) is 9.69. The molecule has 0 aliphatic heterocycles. The van der Waals surface area contributed by atoms with Crippen LogP contribution in [0.2, 0.25) is 10.2 Å². The van der Waals surface area contributed by atoms with E-state index in [1.165, 1.54) is 6.07 Å². The Hall–Kier alpha value is -0.860. The first-order chi connectivity index (χ1) is 6.58. The average molecular weight is 230 g/mol. The Morgan fingerprint density at radius 2 is 1.93 bits per heavy atom. The number of hydrogen-bond acceptors (Lipinski definition) is 1. The van der Waals surface area contributed by atoms with Crippen LogP contribution in [0.3, 0.4) is 0 Å². The Morgan fingerprint density at radius 1 is 1.21 bits per heavy atom. The molecule has 0 radical (unpaired) electrons. The zero-order chi connectivity index (χ0) is 10.3. The summed E-state index contributed by atoms with van der Waals surface area (Å²) in [4.78, 5) is 4.01. The largest absolute Gasteiger partial charge is 0.236 e. The molecule has 0 saturated heterocycles. The van der Waals surface area contributed by atoms with E-state index in [0.29, 0.717) is 10.7 Å². The minimum atomic E-state index is -0.478. The van der Waals surface area contributed by atoms with Gasteiger partial charge in [0.2, 0.25) is 0 Å². The highest BCUT2D eigenvalue weighted by molar-refractivity contribution is 6.32. The van der Waals surface area contributed by atoms with E-state index < -0.39 is 5.82 Å². The highest BCUT2D eigenvalue weighted by Gasteiger charge is 2.06. The SMILES string of the molecule is Cc1cc(Cl)nc2cc(F)c(Cl)cc12. The normalized spacial score (nSPS) is 10.9. The summed E-state index contributed by atoms with van der Waals surface area (Å²) in [5.41, 5.74) is 1.46. The van der Waals surface area contributed by atoms with Gasteiger partial charge in [-0.2, -0.15) is 0 Å². The summed E-state index contributed by atoms with van der Waals surface area (Å²) in [7, 11) is 0. The van der Waals surface area contributed by atoms with Gasteiger partial charge in [-0.15, -0.1) is 0 Å². The summed E-state index contributed by atoms with van der Waals surface area (Å²) in [6.07, 6.45) is 0. The van der Waals surface area contributed by atoms with E-state index in [9.17, 15) is 4.39 Å². The summed E-state index contributed by atoms with van der Waals surface area (Å²) in [6.45, 7) is 1.88. The molecule has 2 rings (SSSR count). The Balaban J connectivity index is 2.89. The quantitative estimate of drug-likeness (QED) is 0.623. The van der Waals surface area contributed by atoms with Crippen LogP contribution in [-0.4, -0.2) is 4.98 Å². The zero-order valence-electron chi connectivity index (χ0n) is 7.31. The molecule has 4 heteroatoms. The molecule has 0 bridgehead atoms. The molecular weight excluding hydrogens is 224 g/mol. The maximum atomic E-state index is 13.1. The third kappa shape index (κ3) is 1.56. The van der Waals surface area contributed by atoms with E-state index in [-0.39, 0.29) is 5.02 Å². The van der Waals surface area contributed by atoms with Crippen molar-refractivity contribution in [3.05, 3.63) is 39.8 Å². The van der Waals surface area contributed by atoms with Crippen molar-refractivity contribution in [2.75, 3.05) is 0 Å². The molecule has 0 atom stereocenters. The second-order valence-corrected chi connectivity index (χ2v) is 3.84. The number of hydrogen-bond donors (Lipinski definition) is 0. The fraction of sp³-hybridized carbons (Fsp3) is 0.100. The molecule has 0 aliphatic carbocycles. The van der Waals surface area contributed by atoms with Crippen molar-refractivity contribution >= 4 is 34.1 Å². The van der Waals surface area contributed by atoms with E-state index in [4.69, 9.17) is 23.2 Å². The minimum Gasteiger partial charge on any atom is -0.236 e. The molecule has 72 valence electrons. The highest BCUT2D eigenvalue weighted by atomic mass is 35.5. The molecule has 1 nitrogen and oxygen atoms in total. The average Bonchev–Trinajstić information content (AvgIpc) is 2.08. The smallest absolute Gasteiger partial charge is 0.143 e. The van der Waals surface area contributed by atoms with E-state index >= 15 is 0 Å².